The van der Waals surface area contributed by atoms with Crippen LogP contribution in [0, 0.1) is 0 Å². The Bertz CT molecular complexity index is 810. The van der Waals surface area contributed by atoms with Crippen LogP contribution in [0.1, 0.15) is 31.5 Å². The second-order valence-electron chi connectivity index (χ2n) is 5.90. The molecule has 3 rings (SSSR count). The molecule has 0 aliphatic carbocycles. The van der Waals surface area contributed by atoms with Gasteiger partial charge in [0.05, 0.1) is 12.0 Å². The molecule has 0 radical (unpaired) electrons. The van der Waals surface area contributed by atoms with Crippen LogP contribution in [-0.2, 0) is 16.8 Å². The molecule has 0 aliphatic heterocycles. The number of rotatable bonds is 5. The molecule has 23 heavy (non-hydrogen) atoms. The summed E-state index contributed by atoms with van der Waals surface area (Å²) < 4.78 is 5.26. The lowest BCUT2D eigenvalue weighted by molar-refractivity contribution is -0.122. The number of para-hydroxylation sites is 1. The van der Waals surface area contributed by atoms with Crippen molar-refractivity contribution in [1.82, 2.24) is 10.5 Å². The molecule has 0 bridgehead atoms. The smallest absolute Gasteiger partial charge is 0.226 e. The van der Waals surface area contributed by atoms with E-state index in [0.717, 1.165) is 17.4 Å². The lowest BCUT2D eigenvalue weighted by atomic mass is 9.89. The summed E-state index contributed by atoms with van der Waals surface area (Å²) in [4.78, 5) is 12.5. The number of hydrogen-bond acceptors (Lipinski definition) is 3. The van der Waals surface area contributed by atoms with E-state index in [1.807, 2.05) is 61.5 Å². The highest BCUT2D eigenvalue weighted by Gasteiger charge is 2.27. The topological polar surface area (TPSA) is 55.1 Å². The van der Waals surface area contributed by atoms with Gasteiger partial charge in [-0.05, 0) is 31.0 Å². The standard InChI is InChI=1S/C19H20N2O2/c1-3-19(2,14-9-5-4-6-10-14)20-18(22)13-16-15-11-7-8-12-17(15)23-21-16/h4-12H,3,13H2,1-2H3,(H,20,22). The van der Waals surface area contributed by atoms with Crippen molar-refractivity contribution in [3.05, 3.63) is 65.9 Å². The number of fused-ring (bicyclic) bond motifs is 1. The lowest BCUT2D eigenvalue weighted by Gasteiger charge is -2.30. The molecule has 1 amide bonds. The Morgan fingerprint density at radius 3 is 2.57 bits per heavy atom. The van der Waals surface area contributed by atoms with E-state index < -0.39 is 5.54 Å². The van der Waals surface area contributed by atoms with Crippen LogP contribution in [0.25, 0.3) is 11.0 Å². The molecule has 4 nitrogen and oxygen atoms in total. The number of aromatic nitrogens is 1. The third-order valence-corrected chi connectivity index (χ3v) is 4.31. The van der Waals surface area contributed by atoms with Crippen molar-refractivity contribution in [3.63, 3.8) is 0 Å². The fourth-order valence-electron chi connectivity index (χ4n) is 2.74. The van der Waals surface area contributed by atoms with Crippen molar-refractivity contribution >= 4 is 16.9 Å². The molecule has 0 aliphatic rings. The first kappa shape index (κ1) is 15.3. The molecule has 2 aromatic carbocycles. The Morgan fingerprint density at radius 1 is 1.13 bits per heavy atom. The Hall–Kier alpha value is -2.62. The van der Waals surface area contributed by atoms with Crippen LogP contribution in [0.5, 0.6) is 0 Å². The van der Waals surface area contributed by atoms with Gasteiger partial charge in [-0.1, -0.05) is 54.5 Å². The van der Waals surface area contributed by atoms with E-state index in [4.69, 9.17) is 4.52 Å². The average molecular weight is 308 g/mol. The van der Waals surface area contributed by atoms with Gasteiger partial charge in [0, 0.05) is 5.39 Å². The summed E-state index contributed by atoms with van der Waals surface area (Å²) in [5.41, 5.74) is 2.08. The normalized spacial score (nSPS) is 13.7. The van der Waals surface area contributed by atoms with E-state index in [1.54, 1.807) is 0 Å². The molecular weight excluding hydrogens is 288 g/mol. The zero-order valence-corrected chi connectivity index (χ0v) is 13.4. The van der Waals surface area contributed by atoms with Crippen molar-refractivity contribution in [3.8, 4) is 0 Å². The molecule has 118 valence electrons. The van der Waals surface area contributed by atoms with Crippen LogP contribution >= 0.6 is 0 Å². The van der Waals surface area contributed by atoms with Crippen LogP contribution in [0.2, 0.25) is 0 Å². The Labute approximate surface area is 135 Å². The Morgan fingerprint density at radius 2 is 1.83 bits per heavy atom. The number of nitrogens with one attached hydrogen (secondary N) is 1. The maximum Gasteiger partial charge on any atom is 0.226 e. The highest BCUT2D eigenvalue weighted by molar-refractivity contribution is 5.86. The first-order valence-electron chi connectivity index (χ1n) is 7.82. The van der Waals surface area contributed by atoms with Gasteiger partial charge >= 0.3 is 0 Å². The van der Waals surface area contributed by atoms with Crippen molar-refractivity contribution in [2.75, 3.05) is 0 Å². The van der Waals surface area contributed by atoms with Gasteiger partial charge in [-0.25, -0.2) is 0 Å². The van der Waals surface area contributed by atoms with E-state index in [-0.39, 0.29) is 12.3 Å². The van der Waals surface area contributed by atoms with Gasteiger partial charge in [0.1, 0.15) is 5.69 Å². The fraction of sp³-hybridized carbons (Fsp3) is 0.263. The lowest BCUT2D eigenvalue weighted by Crippen LogP contribution is -2.43. The van der Waals surface area contributed by atoms with E-state index in [1.165, 1.54) is 0 Å². The Balaban J connectivity index is 1.78. The van der Waals surface area contributed by atoms with Gasteiger partial charge in [-0.2, -0.15) is 0 Å². The quantitative estimate of drug-likeness (QED) is 0.779. The predicted octanol–water partition coefficient (Wildman–Crippen LogP) is 3.81. The number of carbonyl (C=O) groups excluding carboxylic acids is 1. The van der Waals surface area contributed by atoms with Gasteiger partial charge in [0.2, 0.25) is 5.91 Å². The minimum atomic E-state index is -0.391. The SMILES string of the molecule is CCC(C)(NC(=O)Cc1noc2ccccc12)c1ccccc1. The molecule has 1 atom stereocenters. The number of hydrogen-bond donors (Lipinski definition) is 1. The van der Waals surface area contributed by atoms with Crippen LogP contribution in [-0.4, -0.2) is 11.1 Å². The number of carbonyl (C=O) groups is 1. The summed E-state index contributed by atoms with van der Waals surface area (Å²) in [6, 6.07) is 17.6. The van der Waals surface area contributed by atoms with Gasteiger partial charge < -0.3 is 9.84 Å². The van der Waals surface area contributed by atoms with E-state index in [0.29, 0.717) is 11.3 Å². The molecule has 0 fully saturated rings. The molecule has 3 aromatic rings. The van der Waals surface area contributed by atoms with Crippen molar-refractivity contribution in [1.29, 1.82) is 0 Å². The van der Waals surface area contributed by atoms with Crippen molar-refractivity contribution < 1.29 is 9.32 Å². The van der Waals surface area contributed by atoms with Crippen molar-refractivity contribution in [2.24, 2.45) is 0 Å². The van der Waals surface area contributed by atoms with E-state index in [9.17, 15) is 4.79 Å². The maximum absolute atomic E-state index is 12.5. The van der Waals surface area contributed by atoms with Crippen LogP contribution in [0.3, 0.4) is 0 Å². The highest BCUT2D eigenvalue weighted by atomic mass is 16.5. The maximum atomic E-state index is 12.5. The van der Waals surface area contributed by atoms with Crippen molar-refractivity contribution in [2.45, 2.75) is 32.2 Å². The molecular formula is C19H20N2O2. The molecule has 1 unspecified atom stereocenters. The van der Waals surface area contributed by atoms with E-state index >= 15 is 0 Å². The monoisotopic (exact) mass is 308 g/mol. The second-order valence-corrected chi connectivity index (χ2v) is 5.90. The molecule has 0 saturated carbocycles. The molecule has 1 heterocycles. The number of benzene rings is 2. The third-order valence-electron chi connectivity index (χ3n) is 4.31. The van der Waals surface area contributed by atoms with Crippen LogP contribution in [0.15, 0.2) is 59.1 Å². The van der Waals surface area contributed by atoms with Gasteiger partial charge in [-0.3, -0.25) is 4.79 Å². The molecule has 1 N–H and O–H groups in total. The highest BCUT2D eigenvalue weighted by Crippen LogP contribution is 2.25. The fourth-order valence-corrected chi connectivity index (χ4v) is 2.74. The summed E-state index contributed by atoms with van der Waals surface area (Å²) in [6.07, 6.45) is 1.02. The van der Waals surface area contributed by atoms with Crippen LogP contribution in [0.4, 0.5) is 0 Å². The number of nitrogens with zero attached hydrogens (tertiary/aromatic N) is 1. The zero-order valence-electron chi connectivity index (χ0n) is 13.4. The average Bonchev–Trinajstić information content (AvgIpc) is 2.98. The molecule has 4 heteroatoms. The predicted molar refractivity (Wildman–Crippen MR) is 89.9 cm³/mol. The summed E-state index contributed by atoms with van der Waals surface area (Å²) in [6.45, 7) is 4.11. The first-order valence-corrected chi connectivity index (χ1v) is 7.82. The minimum Gasteiger partial charge on any atom is -0.356 e. The summed E-state index contributed by atoms with van der Waals surface area (Å²) in [5, 5.41) is 8.06. The molecule has 0 saturated heterocycles. The summed E-state index contributed by atoms with van der Waals surface area (Å²) in [5.74, 6) is -0.0581. The Kier molecular flexibility index (Phi) is 4.15. The third kappa shape index (κ3) is 3.11. The largest absolute Gasteiger partial charge is 0.356 e. The van der Waals surface area contributed by atoms with E-state index in [2.05, 4.69) is 17.4 Å². The zero-order chi connectivity index (χ0) is 16.3. The second kappa shape index (κ2) is 6.24. The van der Waals surface area contributed by atoms with Gasteiger partial charge in [-0.15, -0.1) is 0 Å². The molecule has 1 aromatic heterocycles. The summed E-state index contributed by atoms with van der Waals surface area (Å²) >= 11 is 0. The number of amides is 1. The minimum absolute atomic E-state index is 0.0581. The summed E-state index contributed by atoms with van der Waals surface area (Å²) in [7, 11) is 0. The molecule has 0 spiro atoms. The van der Waals surface area contributed by atoms with Crippen LogP contribution < -0.4 is 5.32 Å². The van der Waals surface area contributed by atoms with Gasteiger partial charge in [0.15, 0.2) is 5.58 Å². The van der Waals surface area contributed by atoms with Gasteiger partial charge in [0.25, 0.3) is 0 Å². The first-order chi connectivity index (χ1) is 11.1.